The van der Waals surface area contributed by atoms with Gasteiger partial charge < -0.3 is 10.2 Å². The number of aromatic hydroxyl groups is 1. The number of benzene rings is 1. The van der Waals surface area contributed by atoms with E-state index in [1.807, 2.05) is 0 Å². The molecule has 1 rings (SSSR count). The molecule has 0 unspecified atom stereocenters. The van der Waals surface area contributed by atoms with E-state index in [0.29, 0.717) is 0 Å². The summed E-state index contributed by atoms with van der Waals surface area (Å²) in [6.45, 7) is 0. The first kappa shape index (κ1) is 11.9. The van der Waals surface area contributed by atoms with Gasteiger partial charge in [0.15, 0.2) is 0 Å². The molecule has 4 nitrogen and oxygen atoms in total. The Hall–Kier alpha value is -2.16. The summed E-state index contributed by atoms with van der Waals surface area (Å²) >= 11 is 0. The van der Waals surface area contributed by atoms with Crippen LogP contribution in [0.15, 0.2) is 12.1 Å². The van der Waals surface area contributed by atoms with Gasteiger partial charge in [-0.05, 0) is 17.7 Å². The topological polar surface area (TPSA) is 81.3 Å². The molecule has 1 aromatic carbocycles. The molecule has 6 heteroatoms. The summed E-state index contributed by atoms with van der Waals surface area (Å²) in [4.78, 5) is 10.4. The minimum absolute atomic E-state index is 0.195. The molecular formula is C10H7F2NO3. The van der Waals surface area contributed by atoms with Gasteiger partial charge in [0.2, 0.25) is 0 Å². The third kappa shape index (κ3) is 2.45. The molecule has 2 N–H and O–H groups in total. The third-order valence-corrected chi connectivity index (χ3v) is 1.95. The predicted molar refractivity (Wildman–Crippen MR) is 49.1 cm³/mol. The Bertz CT molecular complexity index is 466. The Morgan fingerprint density at radius 2 is 2.12 bits per heavy atom. The van der Waals surface area contributed by atoms with E-state index < -0.39 is 30.1 Å². The maximum atomic E-state index is 12.5. The molecule has 0 aromatic heterocycles. The Labute approximate surface area is 89.4 Å². The lowest BCUT2D eigenvalue weighted by molar-refractivity contribution is -0.136. The molecule has 1 aromatic rings. The molecule has 0 aliphatic heterocycles. The number of rotatable bonds is 3. The van der Waals surface area contributed by atoms with Crippen LogP contribution in [0.4, 0.5) is 8.78 Å². The van der Waals surface area contributed by atoms with E-state index in [2.05, 4.69) is 0 Å². The number of hydrogen-bond donors (Lipinski definition) is 2. The van der Waals surface area contributed by atoms with Gasteiger partial charge >= 0.3 is 5.97 Å². The third-order valence-electron chi connectivity index (χ3n) is 1.95. The van der Waals surface area contributed by atoms with Crippen LogP contribution in [0.5, 0.6) is 5.75 Å². The van der Waals surface area contributed by atoms with Crippen molar-refractivity contribution in [1.29, 1.82) is 5.26 Å². The van der Waals surface area contributed by atoms with Gasteiger partial charge in [-0.3, -0.25) is 4.79 Å². The van der Waals surface area contributed by atoms with Gasteiger partial charge in [0, 0.05) is 5.56 Å². The van der Waals surface area contributed by atoms with E-state index in [4.69, 9.17) is 10.4 Å². The smallest absolute Gasteiger partial charge is 0.307 e. The van der Waals surface area contributed by atoms with Gasteiger partial charge in [-0.15, -0.1) is 0 Å². The zero-order valence-electron chi connectivity index (χ0n) is 7.94. The molecule has 0 aliphatic rings. The van der Waals surface area contributed by atoms with Gasteiger partial charge in [0.1, 0.15) is 11.8 Å². The lowest BCUT2D eigenvalue weighted by Crippen LogP contribution is -2.04. The highest BCUT2D eigenvalue weighted by molar-refractivity contribution is 5.71. The van der Waals surface area contributed by atoms with Gasteiger partial charge in [-0.2, -0.15) is 5.26 Å². The van der Waals surface area contributed by atoms with Gasteiger partial charge in [0.25, 0.3) is 6.43 Å². The average Bonchev–Trinajstić information content (AvgIpc) is 2.16. The van der Waals surface area contributed by atoms with Crippen LogP contribution in [0, 0.1) is 11.3 Å². The standard InChI is InChI=1S/C10H7F2NO3/c11-10(12)7-1-6(4-13)8(14)2-5(7)3-9(15)16/h1-2,10,14H,3H2,(H,15,16). The van der Waals surface area contributed by atoms with E-state index >= 15 is 0 Å². The van der Waals surface area contributed by atoms with Crippen LogP contribution in [0.2, 0.25) is 0 Å². The molecule has 0 fully saturated rings. The summed E-state index contributed by atoms with van der Waals surface area (Å²) in [5.41, 5.74) is -1.04. The van der Waals surface area contributed by atoms with E-state index in [1.54, 1.807) is 6.07 Å². The van der Waals surface area contributed by atoms with Crippen molar-refractivity contribution < 1.29 is 23.8 Å². The molecule has 0 saturated carbocycles. The molecule has 16 heavy (non-hydrogen) atoms. The Morgan fingerprint density at radius 3 is 2.56 bits per heavy atom. The molecular weight excluding hydrogens is 220 g/mol. The quantitative estimate of drug-likeness (QED) is 0.825. The molecule has 84 valence electrons. The first-order valence-electron chi connectivity index (χ1n) is 4.21. The zero-order valence-corrected chi connectivity index (χ0v) is 7.94. The van der Waals surface area contributed by atoms with Crippen molar-refractivity contribution in [3.63, 3.8) is 0 Å². The molecule has 0 bridgehead atoms. The number of carboxylic acid groups (broad SMARTS) is 1. The van der Waals surface area contributed by atoms with Crippen molar-refractivity contribution in [3.05, 3.63) is 28.8 Å². The number of nitrogens with zero attached hydrogens (tertiary/aromatic N) is 1. The number of halogens is 2. The second-order valence-corrected chi connectivity index (χ2v) is 3.05. The Kier molecular flexibility index (Phi) is 3.40. The summed E-state index contributed by atoms with van der Waals surface area (Å²) < 4.78 is 25.1. The molecule has 0 amide bonds. The van der Waals surface area contributed by atoms with Crippen LogP contribution >= 0.6 is 0 Å². The lowest BCUT2D eigenvalue weighted by atomic mass is 10.0. The highest BCUT2D eigenvalue weighted by Gasteiger charge is 2.18. The average molecular weight is 227 g/mol. The number of phenolic OH excluding ortho intramolecular Hbond substituents is 1. The van der Waals surface area contributed by atoms with Gasteiger partial charge in [0.05, 0.1) is 12.0 Å². The van der Waals surface area contributed by atoms with Crippen LogP contribution in [-0.2, 0) is 11.2 Å². The molecule has 0 saturated heterocycles. The van der Waals surface area contributed by atoms with E-state index in [0.717, 1.165) is 12.1 Å². The van der Waals surface area contributed by atoms with Crippen LogP contribution in [-0.4, -0.2) is 16.2 Å². The number of aliphatic carboxylic acids is 1. The van der Waals surface area contributed by atoms with E-state index in [1.165, 1.54) is 0 Å². The normalized spacial score (nSPS) is 10.1. The minimum atomic E-state index is -2.89. The van der Waals surface area contributed by atoms with Crippen LogP contribution in [0.25, 0.3) is 0 Å². The largest absolute Gasteiger partial charge is 0.507 e. The van der Waals surface area contributed by atoms with Gasteiger partial charge in [-0.25, -0.2) is 8.78 Å². The van der Waals surface area contributed by atoms with Crippen LogP contribution in [0.1, 0.15) is 23.1 Å². The lowest BCUT2D eigenvalue weighted by Gasteiger charge is -2.08. The fourth-order valence-corrected chi connectivity index (χ4v) is 1.26. The predicted octanol–water partition coefficient (Wildman–Crippen LogP) is 1.83. The van der Waals surface area contributed by atoms with Crippen molar-refractivity contribution >= 4 is 5.97 Å². The van der Waals surface area contributed by atoms with E-state index in [-0.39, 0.29) is 11.1 Å². The summed E-state index contributed by atoms with van der Waals surface area (Å²) in [6, 6.07) is 3.23. The van der Waals surface area contributed by atoms with Crippen LogP contribution in [0.3, 0.4) is 0 Å². The summed E-state index contributed by atoms with van der Waals surface area (Å²) in [5, 5.41) is 26.3. The summed E-state index contributed by atoms with van der Waals surface area (Å²) in [6.07, 6.45) is -3.51. The molecule has 0 heterocycles. The second kappa shape index (κ2) is 4.57. The molecule has 0 radical (unpaired) electrons. The van der Waals surface area contributed by atoms with E-state index in [9.17, 15) is 18.7 Å². The number of carbonyl (C=O) groups is 1. The fourth-order valence-electron chi connectivity index (χ4n) is 1.26. The molecule has 0 spiro atoms. The van der Waals surface area contributed by atoms with Crippen molar-refractivity contribution in [2.75, 3.05) is 0 Å². The SMILES string of the molecule is N#Cc1cc(C(F)F)c(CC(=O)O)cc1O. The molecule has 0 atom stereocenters. The van der Waals surface area contributed by atoms with Crippen molar-refractivity contribution in [2.45, 2.75) is 12.8 Å². The van der Waals surface area contributed by atoms with Crippen molar-refractivity contribution in [3.8, 4) is 11.8 Å². The zero-order chi connectivity index (χ0) is 12.3. The first-order valence-corrected chi connectivity index (χ1v) is 4.21. The minimum Gasteiger partial charge on any atom is -0.507 e. The highest BCUT2D eigenvalue weighted by atomic mass is 19.3. The van der Waals surface area contributed by atoms with Crippen molar-refractivity contribution in [2.24, 2.45) is 0 Å². The number of carboxylic acids is 1. The maximum absolute atomic E-state index is 12.5. The Balaban J connectivity index is 3.31. The number of hydrogen-bond acceptors (Lipinski definition) is 3. The highest BCUT2D eigenvalue weighted by Crippen LogP contribution is 2.29. The van der Waals surface area contributed by atoms with Gasteiger partial charge in [-0.1, -0.05) is 0 Å². The second-order valence-electron chi connectivity index (χ2n) is 3.05. The summed E-state index contributed by atoms with van der Waals surface area (Å²) in [5.74, 6) is -1.78. The maximum Gasteiger partial charge on any atom is 0.307 e. The monoisotopic (exact) mass is 227 g/mol. The fraction of sp³-hybridized carbons (Fsp3) is 0.200. The number of alkyl halides is 2. The van der Waals surface area contributed by atoms with Crippen molar-refractivity contribution in [1.82, 2.24) is 0 Å². The molecule has 0 aliphatic carbocycles. The first-order chi connectivity index (χ1) is 7.45. The number of nitriles is 1. The number of phenols is 1. The Morgan fingerprint density at radius 1 is 1.50 bits per heavy atom. The summed E-state index contributed by atoms with van der Waals surface area (Å²) in [7, 11) is 0. The van der Waals surface area contributed by atoms with Crippen LogP contribution < -0.4 is 0 Å².